The number of pyridine rings is 2. The molecule has 0 saturated carbocycles. The molecule has 0 aliphatic rings. The Morgan fingerprint density at radius 1 is 0.969 bits per heavy atom. The van der Waals surface area contributed by atoms with Crippen LogP contribution in [-0.2, 0) is 10.0 Å². The van der Waals surface area contributed by atoms with Gasteiger partial charge in [-0.25, -0.2) is 22.6 Å². The van der Waals surface area contributed by atoms with Gasteiger partial charge in [-0.3, -0.25) is 9.71 Å². The van der Waals surface area contributed by atoms with E-state index >= 15 is 0 Å². The molecule has 0 aliphatic heterocycles. The standard InChI is InChI=1S/C23H14FN3O4S/c24-18-6-2-7-19(17(18)11-9-15-10-12-20(23(28)29)26-14-15)27-32(30,31)21-8-1-4-16-5-3-13-25-22(16)21/h1-8,10,12-14,27H,(H,28,29). The topological polar surface area (TPSA) is 109 Å². The van der Waals surface area contributed by atoms with E-state index in [1.807, 2.05) is 0 Å². The van der Waals surface area contributed by atoms with Crippen LogP contribution in [0.25, 0.3) is 10.9 Å². The molecule has 7 nitrogen and oxygen atoms in total. The molecule has 0 aliphatic carbocycles. The number of hydrogen-bond acceptors (Lipinski definition) is 5. The molecule has 158 valence electrons. The minimum Gasteiger partial charge on any atom is -0.477 e. The summed E-state index contributed by atoms with van der Waals surface area (Å²) in [6.07, 6.45) is 2.73. The Labute approximate surface area is 182 Å². The van der Waals surface area contributed by atoms with Crippen LogP contribution in [0.3, 0.4) is 0 Å². The summed E-state index contributed by atoms with van der Waals surface area (Å²) in [4.78, 5) is 18.7. The lowest BCUT2D eigenvalue weighted by Gasteiger charge is -2.12. The zero-order chi connectivity index (χ0) is 22.7. The highest BCUT2D eigenvalue weighted by Crippen LogP contribution is 2.25. The van der Waals surface area contributed by atoms with Gasteiger partial charge in [0.05, 0.1) is 16.8 Å². The zero-order valence-corrected chi connectivity index (χ0v) is 17.1. The van der Waals surface area contributed by atoms with Crippen LogP contribution in [0.5, 0.6) is 0 Å². The molecule has 0 amide bonds. The first-order chi connectivity index (χ1) is 15.3. The van der Waals surface area contributed by atoms with Crippen molar-refractivity contribution in [1.82, 2.24) is 9.97 Å². The molecule has 9 heteroatoms. The van der Waals surface area contributed by atoms with E-state index < -0.39 is 21.8 Å². The van der Waals surface area contributed by atoms with Crippen LogP contribution in [0.15, 0.2) is 78.0 Å². The van der Waals surface area contributed by atoms with Gasteiger partial charge in [-0.2, -0.15) is 0 Å². The molecular weight excluding hydrogens is 433 g/mol. The fourth-order valence-corrected chi connectivity index (χ4v) is 4.21. The summed E-state index contributed by atoms with van der Waals surface area (Å²) in [6, 6.07) is 14.8. The first-order valence-electron chi connectivity index (χ1n) is 9.21. The van der Waals surface area contributed by atoms with Crippen molar-refractivity contribution in [3.05, 3.63) is 95.7 Å². The maximum absolute atomic E-state index is 14.5. The maximum Gasteiger partial charge on any atom is 0.354 e. The molecule has 0 spiro atoms. The number of hydrogen-bond donors (Lipinski definition) is 2. The molecule has 0 saturated heterocycles. The van der Waals surface area contributed by atoms with E-state index in [0.29, 0.717) is 10.9 Å². The van der Waals surface area contributed by atoms with Crippen molar-refractivity contribution in [2.45, 2.75) is 4.90 Å². The van der Waals surface area contributed by atoms with Gasteiger partial charge in [-0.15, -0.1) is 0 Å². The number of anilines is 1. The van der Waals surface area contributed by atoms with Crippen LogP contribution < -0.4 is 4.72 Å². The molecule has 0 fully saturated rings. The Morgan fingerprint density at radius 3 is 2.50 bits per heavy atom. The summed E-state index contributed by atoms with van der Waals surface area (Å²) in [5.41, 5.74) is 0.271. The van der Waals surface area contributed by atoms with Gasteiger partial charge in [-0.1, -0.05) is 36.1 Å². The normalized spacial score (nSPS) is 10.9. The van der Waals surface area contributed by atoms with Crippen molar-refractivity contribution in [3.8, 4) is 11.8 Å². The number of fused-ring (bicyclic) bond motifs is 1. The first-order valence-corrected chi connectivity index (χ1v) is 10.7. The second-order valence-corrected chi connectivity index (χ2v) is 8.24. The van der Waals surface area contributed by atoms with E-state index in [0.717, 1.165) is 6.07 Å². The minimum absolute atomic E-state index is 0.0412. The van der Waals surface area contributed by atoms with E-state index in [9.17, 15) is 17.6 Å². The summed E-state index contributed by atoms with van der Waals surface area (Å²) in [6.45, 7) is 0. The van der Waals surface area contributed by atoms with Gasteiger partial charge in [0, 0.05) is 23.3 Å². The third-order valence-electron chi connectivity index (χ3n) is 4.46. The van der Waals surface area contributed by atoms with Crippen molar-refractivity contribution < 1.29 is 22.7 Å². The molecule has 2 N–H and O–H groups in total. The Balaban J connectivity index is 1.72. The number of carboxylic acid groups (broad SMARTS) is 1. The number of benzene rings is 2. The van der Waals surface area contributed by atoms with Crippen LogP contribution in [0.4, 0.5) is 10.1 Å². The Hall–Kier alpha value is -4.29. The number of aromatic carboxylic acids is 1. The van der Waals surface area contributed by atoms with Gasteiger partial charge < -0.3 is 5.11 Å². The minimum atomic E-state index is -4.10. The SMILES string of the molecule is O=C(O)c1ccc(C#Cc2c(F)cccc2NS(=O)(=O)c2cccc3cccnc23)cn1. The van der Waals surface area contributed by atoms with Gasteiger partial charge in [0.25, 0.3) is 10.0 Å². The van der Waals surface area contributed by atoms with Crippen LogP contribution in [-0.4, -0.2) is 29.5 Å². The molecule has 4 aromatic rings. The van der Waals surface area contributed by atoms with E-state index in [1.54, 1.807) is 24.3 Å². The number of aromatic nitrogens is 2. The number of halogens is 1. The Kier molecular flexibility index (Phi) is 5.54. The third-order valence-corrected chi connectivity index (χ3v) is 5.85. The van der Waals surface area contributed by atoms with E-state index in [4.69, 9.17) is 5.11 Å². The number of carbonyl (C=O) groups is 1. The molecule has 2 aromatic carbocycles. The lowest BCUT2D eigenvalue weighted by molar-refractivity contribution is 0.0690. The highest BCUT2D eigenvalue weighted by atomic mass is 32.2. The Bertz CT molecular complexity index is 1500. The number of para-hydroxylation sites is 1. The summed E-state index contributed by atoms with van der Waals surface area (Å²) in [5.74, 6) is 3.37. The highest BCUT2D eigenvalue weighted by Gasteiger charge is 2.20. The summed E-state index contributed by atoms with van der Waals surface area (Å²) in [7, 11) is -4.10. The molecule has 32 heavy (non-hydrogen) atoms. The predicted molar refractivity (Wildman–Crippen MR) is 116 cm³/mol. The highest BCUT2D eigenvalue weighted by molar-refractivity contribution is 7.93. The molecule has 2 heterocycles. The number of nitrogens with zero attached hydrogens (tertiary/aromatic N) is 2. The second-order valence-electron chi connectivity index (χ2n) is 6.59. The van der Waals surface area contributed by atoms with E-state index in [-0.39, 0.29) is 27.4 Å². The average molecular weight is 447 g/mol. The fourth-order valence-electron chi connectivity index (χ4n) is 2.96. The largest absolute Gasteiger partial charge is 0.477 e. The van der Waals surface area contributed by atoms with E-state index in [2.05, 4.69) is 26.5 Å². The molecular formula is C23H14FN3O4S. The summed E-state index contributed by atoms with van der Waals surface area (Å²) in [5, 5.41) is 9.55. The predicted octanol–water partition coefficient (Wildman–Crippen LogP) is 3.67. The number of sulfonamides is 1. The van der Waals surface area contributed by atoms with Gasteiger partial charge in [0.15, 0.2) is 0 Å². The number of nitrogens with one attached hydrogen (secondary N) is 1. The third kappa shape index (κ3) is 4.26. The van der Waals surface area contributed by atoms with Crippen molar-refractivity contribution in [2.24, 2.45) is 0 Å². The Morgan fingerprint density at radius 2 is 1.75 bits per heavy atom. The van der Waals surface area contributed by atoms with Crippen molar-refractivity contribution >= 4 is 32.6 Å². The van der Waals surface area contributed by atoms with Crippen molar-refractivity contribution in [3.63, 3.8) is 0 Å². The van der Waals surface area contributed by atoms with Gasteiger partial charge >= 0.3 is 5.97 Å². The maximum atomic E-state index is 14.5. The molecule has 0 atom stereocenters. The summed E-state index contributed by atoms with van der Waals surface area (Å²) < 4.78 is 43.0. The lowest BCUT2D eigenvalue weighted by Crippen LogP contribution is -2.15. The molecule has 0 radical (unpaired) electrons. The quantitative estimate of drug-likeness (QED) is 0.462. The van der Waals surface area contributed by atoms with Crippen LogP contribution in [0.2, 0.25) is 0 Å². The monoisotopic (exact) mass is 447 g/mol. The van der Waals surface area contributed by atoms with Gasteiger partial charge in [0.1, 0.15) is 16.4 Å². The molecule has 0 bridgehead atoms. The number of rotatable bonds is 4. The van der Waals surface area contributed by atoms with Crippen LogP contribution in [0, 0.1) is 17.7 Å². The fraction of sp³-hybridized carbons (Fsp3) is 0. The van der Waals surface area contributed by atoms with Gasteiger partial charge in [-0.05, 0) is 36.4 Å². The van der Waals surface area contributed by atoms with Crippen molar-refractivity contribution in [2.75, 3.05) is 4.72 Å². The van der Waals surface area contributed by atoms with E-state index in [1.165, 1.54) is 42.7 Å². The molecule has 0 unspecified atom stereocenters. The van der Waals surface area contributed by atoms with Crippen LogP contribution in [0.1, 0.15) is 21.6 Å². The average Bonchev–Trinajstić information content (AvgIpc) is 2.78. The van der Waals surface area contributed by atoms with Crippen LogP contribution >= 0.6 is 0 Å². The smallest absolute Gasteiger partial charge is 0.354 e. The molecule has 4 rings (SSSR count). The van der Waals surface area contributed by atoms with Gasteiger partial charge in [0.2, 0.25) is 0 Å². The second kappa shape index (κ2) is 8.45. The molecule has 2 aromatic heterocycles. The lowest BCUT2D eigenvalue weighted by atomic mass is 10.1. The number of carboxylic acids is 1. The zero-order valence-electron chi connectivity index (χ0n) is 16.3. The van der Waals surface area contributed by atoms with Crippen molar-refractivity contribution in [1.29, 1.82) is 0 Å². The first kappa shape index (κ1) is 21.0. The summed E-state index contributed by atoms with van der Waals surface area (Å²) >= 11 is 0.